The Morgan fingerprint density at radius 2 is 2.00 bits per heavy atom. The summed E-state index contributed by atoms with van der Waals surface area (Å²) in [4.78, 5) is 14.2. The Kier molecular flexibility index (Phi) is 7.59. The van der Waals surface area contributed by atoms with Crippen LogP contribution in [0.5, 0.6) is 11.6 Å². The van der Waals surface area contributed by atoms with Crippen molar-refractivity contribution in [1.82, 2.24) is 4.57 Å². The summed E-state index contributed by atoms with van der Waals surface area (Å²) in [5.74, 6) is -0.197. The van der Waals surface area contributed by atoms with Crippen molar-refractivity contribution < 1.29 is 25.2 Å². The van der Waals surface area contributed by atoms with Gasteiger partial charge < -0.3 is 25.0 Å². The molecule has 6 nitrogen and oxygen atoms in total. The van der Waals surface area contributed by atoms with Gasteiger partial charge in [0.15, 0.2) is 11.5 Å². The number of aliphatic hydroxyl groups excluding tert-OH is 2. The zero-order valence-electron chi connectivity index (χ0n) is 20.5. The van der Waals surface area contributed by atoms with E-state index in [1.54, 1.807) is 6.92 Å². The second-order valence-corrected chi connectivity index (χ2v) is 10.3. The highest BCUT2D eigenvalue weighted by atomic mass is 16.3. The number of carbonyl (C=O) groups excluding carboxylic acids is 1. The molecule has 182 valence electrons. The standard InChI is InChI=1S/C27H39NO5/c1-16-11-12-21-19(13-16)14-17(2)20(10-8-6-7-9-18(3)30)27(21,4)25(32)23-24(31)22(15-29)28(5)26(23)33/h6-8,10,14,16,18-21,29-31,33H,9,11-13,15H2,1-5H3/b7-6-,10-8-/t16-,18-,19+,20+,21+,27-/m1/s1. The summed E-state index contributed by atoms with van der Waals surface area (Å²) in [6.45, 7) is 7.54. The zero-order chi connectivity index (χ0) is 24.5. The molecule has 2 aliphatic carbocycles. The topological polar surface area (TPSA) is 103 Å². The predicted octanol–water partition coefficient (Wildman–Crippen LogP) is 4.63. The van der Waals surface area contributed by atoms with Gasteiger partial charge in [0.1, 0.15) is 5.56 Å². The predicted molar refractivity (Wildman–Crippen MR) is 129 cm³/mol. The van der Waals surface area contributed by atoms with Gasteiger partial charge in [-0.25, -0.2) is 0 Å². The number of hydrogen-bond acceptors (Lipinski definition) is 5. The van der Waals surface area contributed by atoms with Gasteiger partial charge in [0.2, 0.25) is 5.88 Å². The lowest BCUT2D eigenvalue weighted by molar-refractivity contribution is 0.0326. The second kappa shape index (κ2) is 9.90. The van der Waals surface area contributed by atoms with Crippen LogP contribution in [0.15, 0.2) is 36.0 Å². The lowest BCUT2D eigenvalue weighted by Crippen LogP contribution is -2.49. The van der Waals surface area contributed by atoms with Crippen LogP contribution in [0.4, 0.5) is 0 Å². The number of aliphatic hydroxyl groups is 2. The Balaban J connectivity index is 2.10. The van der Waals surface area contributed by atoms with E-state index in [9.17, 15) is 25.2 Å². The first-order chi connectivity index (χ1) is 15.5. The van der Waals surface area contributed by atoms with E-state index in [-0.39, 0.29) is 46.4 Å². The van der Waals surface area contributed by atoms with Gasteiger partial charge in [-0.2, -0.15) is 0 Å². The lowest BCUT2D eigenvalue weighted by Gasteiger charge is -2.51. The summed E-state index contributed by atoms with van der Waals surface area (Å²) in [7, 11) is 1.53. The number of ketones is 1. The van der Waals surface area contributed by atoms with E-state index in [4.69, 9.17) is 0 Å². The molecule has 0 spiro atoms. The minimum atomic E-state index is -0.860. The second-order valence-electron chi connectivity index (χ2n) is 10.3. The van der Waals surface area contributed by atoms with Crippen molar-refractivity contribution in [3.8, 4) is 11.6 Å². The maximum absolute atomic E-state index is 14.2. The van der Waals surface area contributed by atoms with Crippen LogP contribution in [0.2, 0.25) is 0 Å². The number of aromatic hydroxyl groups is 2. The number of nitrogens with zero attached hydrogens (tertiary/aromatic N) is 1. The normalized spacial score (nSPS) is 31.1. The Hall–Kier alpha value is -2.31. The third-order valence-corrected chi connectivity index (χ3v) is 7.90. The van der Waals surface area contributed by atoms with E-state index >= 15 is 0 Å². The van der Waals surface area contributed by atoms with Crippen LogP contribution >= 0.6 is 0 Å². The average molecular weight is 458 g/mol. The van der Waals surface area contributed by atoms with Crippen molar-refractivity contribution in [2.24, 2.45) is 36.1 Å². The molecule has 0 unspecified atom stereocenters. The number of fused-ring (bicyclic) bond motifs is 1. The van der Waals surface area contributed by atoms with Crippen LogP contribution in [0, 0.1) is 29.1 Å². The summed E-state index contributed by atoms with van der Waals surface area (Å²) < 4.78 is 1.28. The van der Waals surface area contributed by atoms with Gasteiger partial charge in [0, 0.05) is 18.4 Å². The molecule has 1 aromatic heterocycles. The highest BCUT2D eigenvalue weighted by Gasteiger charge is 2.54. The molecule has 0 bridgehead atoms. The number of Topliss-reactive ketones (excluding diaryl/α,β-unsaturated/α-hetero) is 1. The lowest BCUT2D eigenvalue weighted by atomic mass is 9.51. The van der Waals surface area contributed by atoms with Crippen LogP contribution in [0.1, 0.15) is 69.4 Å². The van der Waals surface area contributed by atoms with Crippen molar-refractivity contribution in [1.29, 1.82) is 0 Å². The molecule has 1 saturated carbocycles. The minimum Gasteiger partial charge on any atom is -0.505 e. The summed E-state index contributed by atoms with van der Waals surface area (Å²) in [5, 5.41) is 40.6. The van der Waals surface area contributed by atoms with Crippen LogP contribution in [0.3, 0.4) is 0 Å². The van der Waals surface area contributed by atoms with Gasteiger partial charge in [-0.1, -0.05) is 56.2 Å². The maximum atomic E-state index is 14.2. The summed E-state index contributed by atoms with van der Waals surface area (Å²) >= 11 is 0. The quantitative estimate of drug-likeness (QED) is 0.272. The van der Waals surface area contributed by atoms with E-state index in [1.165, 1.54) is 11.6 Å². The molecule has 0 aliphatic heterocycles. The molecule has 6 heteroatoms. The first-order valence-corrected chi connectivity index (χ1v) is 12.0. The fraction of sp³-hybridized carbons (Fsp3) is 0.593. The molecule has 33 heavy (non-hydrogen) atoms. The molecule has 6 atom stereocenters. The first kappa shape index (κ1) is 25.3. The largest absolute Gasteiger partial charge is 0.505 e. The number of aromatic nitrogens is 1. The molecule has 0 saturated heterocycles. The molecule has 1 fully saturated rings. The van der Waals surface area contributed by atoms with E-state index < -0.39 is 18.1 Å². The monoisotopic (exact) mass is 457 g/mol. The third kappa shape index (κ3) is 4.56. The van der Waals surface area contributed by atoms with Crippen LogP contribution in [0.25, 0.3) is 0 Å². The van der Waals surface area contributed by atoms with E-state index in [0.717, 1.165) is 24.8 Å². The van der Waals surface area contributed by atoms with Gasteiger partial charge in [-0.3, -0.25) is 4.79 Å². The maximum Gasteiger partial charge on any atom is 0.206 e. The van der Waals surface area contributed by atoms with Crippen molar-refractivity contribution in [2.45, 2.75) is 66.1 Å². The van der Waals surface area contributed by atoms with Crippen molar-refractivity contribution in [3.63, 3.8) is 0 Å². The van der Waals surface area contributed by atoms with Crippen LogP contribution in [-0.4, -0.2) is 36.9 Å². The molecular weight excluding hydrogens is 418 g/mol. The third-order valence-electron chi connectivity index (χ3n) is 7.90. The van der Waals surface area contributed by atoms with Gasteiger partial charge in [0.05, 0.1) is 18.4 Å². The molecule has 1 heterocycles. The Morgan fingerprint density at radius 3 is 2.61 bits per heavy atom. The molecule has 2 aliphatic rings. The zero-order valence-corrected chi connectivity index (χ0v) is 20.5. The van der Waals surface area contributed by atoms with Gasteiger partial charge in [-0.15, -0.1) is 0 Å². The summed E-state index contributed by atoms with van der Waals surface area (Å²) in [6, 6.07) is 0. The van der Waals surface area contributed by atoms with E-state index in [1.807, 2.05) is 31.2 Å². The average Bonchev–Trinajstić information content (AvgIpc) is 2.96. The van der Waals surface area contributed by atoms with Crippen molar-refractivity contribution in [3.05, 3.63) is 47.2 Å². The highest BCUT2D eigenvalue weighted by Crippen LogP contribution is 2.57. The van der Waals surface area contributed by atoms with Gasteiger partial charge in [-0.05, 0) is 50.9 Å². The van der Waals surface area contributed by atoms with Crippen LogP contribution < -0.4 is 0 Å². The van der Waals surface area contributed by atoms with E-state index in [2.05, 4.69) is 19.9 Å². The molecule has 0 amide bonds. The minimum absolute atomic E-state index is 0.0811. The smallest absolute Gasteiger partial charge is 0.206 e. The highest BCUT2D eigenvalue weighted by molar-refractivity contribution is 6.06. The SMILES string of the molecule is CC1=C[C@@H]2C[C@H](C)CC[C@@H]2[C@](C)(C(=O)c2c(O)c(CO)n(C)c2O)[C@H]1/C=C\C=C/C[C@@H](C)O. The molecule has 4 N–H and O–H groups in total. The van der Waals surface area contributed by atoms with Crippen molar-refractivity contribution in [2.75, 3.05) is 0 Å². The number of allylic oxidation sites excluding steroid dienone is 5. The first-order valence-electron chi connectivity index (χ1n) is 12.0. The molecule has 3 rings (SSSR count). The molecule has 0 radical (unpaired) electrons. The summed E-state index contributed by atoms with van der Waals surface area (Å²) in [6.07, 6.45) is 13.2. The number of hydrogen-bond donors (Lipinski definition) is 4. The number of rotatable bonds is 7. The van der Waals surface area contributed by atoms with Crippen molar-refractivity contribution >= 4 is 5.78 Å². The van der Waals surface area contributed by atoms with Gasteiger partial charge >= 0.3 is 0 Å². The van der Waals surface area contributed by atoms with Crippen LogP contribution in [-0.2, 0) is 13.7 Å². The fourth-order valence-electron chi connectivity index (χ4n) is 6.05. The number of carbonyl (C=O) groups is 1. The van der Waals surface area contributed by atoms with Gasteiger partial charge in [0.25, 0.3) is 0 Å². The Bertz CT molecular complexity index is 970. The fourth-order valence-corrected chi connectivity index (χ4v) is 6.05. The Morgan fingerprint density at radius 1 is 1.30 bits per heavy atom. The van der Waals surface area contributed by atoms with E-state index in [0.29, 0.717) is 12.3 Å². The summed E-state index contributed by atoms with van der Waals surface area (Å²) in [5.41, 5.74) is 0.281. The molecule has 1 aromatic rings. The molecule has 0 aromatic carbocycles. The Labute approximate surface area is 197 Å². The molecular formula is C27H39NO5.